The zero-order chi connectivity index (χ0) is 18.4. The second kappa shape index (κ2) is 8.48. The monoisotopic (exact) mass is 379 g/mol. The molecule has 26 heavy (non-hydrogen) atoms. The number of hydrogen-bond acceptors (Lipinski definition) is 5. The molecule has 0 unspecified atom stereocenters. The molecule has 0 spiro atoms. The third-order valence-electron chi connectivity index (χ3n) is 4.12. The third kappa shape index (κ3) is 5.17. The van der Waals surface area contributed by atoms with Gasteiger partial charge in [-0.2, -0.15) is 0 Å². The SMILES string of the molecule is O=S(=O)(Nc1ccc(NCCN2CCOCC2)cc1)c1ccc(F)cc1. The van der Waals surface area contributed by atoms with Gasteiger partial charge in [0.25, 0.3) is 10.0 Å². The van der Waals surface area contributed by atoms with Crippen molar-refractivity contribution < 1.29 is 17.5 Å². The molecule has 1 fully saturated rings. The van der Waals surface area contributed by atoms with E-state index in [4.69, 9.17) is 4.74 Å². The molecule has 0 amide bonds. The van der Waals surface area contributed by atoms with Crippen LogP contribution in [0.25, 0.3) is 0 Å². The number of benzene rings is 2. The van der Waals surface area contributed by atoms with E-state index in [1.165, 1.54) is 12.1 Å². The van der Waals surface area contributed by atoms with Gasteiger partial charge < -0.3 is 10.1 Å². The van der Waals surface area contributed by atoms with Gasteiger partial charge in [0.2, 0.25) is 0 Å². The highest BCUT2D eigenvalue weighted by molar-refractivity contribution is 7.92. The van der Waals surface area contributed by atoms with E-state index in [0.29, 0.717) is 5.69 Å². The van der Waals surface area contributed by atoms with E-state index in [9.17, 15) is 12.8 Å². The highest BCUT2D eigenvalue weighted by Gasteiger charge is 2.14. The fourth-order valence-electron chi connectivity index (χ4n) is 2.67. The summed E-state index contributed by atoms with van der Waals surface area (Å²) >= 11 is 0. The third-order valence-corrected chi connectivity index (χ3v) is 5.52. The Bertz CT molecular complexity index is 805. The van der Waals surface area contributed by atoms with E-state index < -0.39 is 15.8 Å². The number of ether oxygens (including phenoxy) is 1. The van der Waals surface area contributed by atoms with E-state index >= 15 is 0 Å². The van der Waals surface area contributed by atoms with Crippen molar-refractivity contribution in [3.8, 4) is 0 Å². The summed E-state index contributed by atoms with van der Waals surface area (Å²) in [7, 11) is -3.73. The molecule has 140 valence electrons. The standard InChI is InChI=1S/C18H22FN3O3S/c19-15-1-7-18(8-2-15)26(23,24)21-17-5-3-16(4-6-17)20-9-10-22-11-13-25-14-12-22/h1-8,20-21H,9-14H2. The second-order valence-electron chi connectivity index (χ2n) is 6.02. The molecule has 0 aromatic heterocycles. The number of halogens is 1. The number of nitrogens with one attached hydrogen (secondary N) is 2. The van der Waals surface area contributed by atoms with Crippen molar-refractivity contribution in [3.05, 3.63) is 54.3 Å². The van der Waals surface area contributed by atoms with E-state index in [0.717, 1.165) is 57.2 Å². The van der Waals surface area contributed by atoms with Gasteiger partial charge in [-0.25, -0.2) is 12.8 Å². The molecule has 3 rings (SSSR count). The van der Waals surface area contributed by atoms with Gasteiger partial charge in [-0.1, -0.05) is 0 Å². The summed E-state index contributed by atoms with van der Waals surface area (Å²) in [6, 6.07) is 11.7. The van der Waals surface area contributed by atoms with Crippen LogP contribution in [0.4, 0.5) is 15.8 Å². The number of sulfonamides is 1. The minimum Gasteiger partial charge on any atom is -0.384 e. The van der Waals surface area contributed by atoms with Crippen LogP contribution in [-0.2, 0) is 14.8 Å². The topological polar surface area (TPSA) is 70.7 Å². The Hall–Kier alpha value is -2.16. The van der Waals surface area contributed by atoms with Crippen LogP contribution in [-0.4, -0.2) is 52.7 Å². The Kier molecular flexibility index (Phi) is 6.08. The van der Waals surface area contributed by atoms with Gasteiger partial charge in [-0.3, -0.25) is 9.62 Å². The summed E-state index contributed by atoms with van der Waals surface area (Å²) in [6.07, 6.45) is 0. The van der Waals surface area contributed by atoms with Crippen molar-refractivity contribution in [2.24, 2.45) is 0 Å². The first-order valence-electron chi connectivity index (χ1n) is 8.45. The summed E-state index contributed by atoms with van der Waals surface area (Å²) in [5.74, 6) is -0.476. The molecule has 1 saturated heterocycles. The Morgan fingerprint density at radius 1 is 0.962 bits per heavy atom. The average molecular weight is 379 g/mol. The normalized spacial score (nSPS) is 15.6. The molecule has 1 aliphatic heterocycles. The Labute approximate surface area is 153 Å². The lowest BCUT2D eigenvalue weighted by molar-refractivity contribution is 0.0398. The largest absolute Gasteiger partial charge is 0.384 e. The smallest absolute Gasteiger partial charge is 0.261 e. The zero-order valence-electron chi connectivity index (χ0n) is 14.3. The molecule has 0 radical (unpaired) electrons. The van der Waals surface area contributed by atoms with Crippen molar-refractivity contribution in [2.45, 2.75) is 4.90 Å². The number of anilines is 2. The van der Waals surface area contributed by atoms with Crippen molar-refractivity contribution in [1.82, 2.24) is 4.90 Å². The van der Waals surface area contributed by atoms with Crippen LogP contribution >= 0.6 is 0 Å². The first-order valence-corrected chi connectivity index (χ1v) is 9.94. The maximum Gasteiger partial charge on any atom is 0.261 e. The minimum atomic E-state index is -3.73. The summed E-state index contributed by atoms with van der Waals surface area (Å²) in [4.78, 5) is 2.36. The summed E-state index contributed by atoms with van der Waals surface area (Å²) in [6.45, 7) is 5.20. The average Bonchev–Trinajstić information content (AvgIpc) is 2.64. The van der Waals surface area contributed by atoms with Crippen molar-refractivity contribution in [1.29, 1.82) is 0 Å². The lowest BCUT2D eigenvalue weighted by Crippen LogP contribution is -2.38. The van der Waals surface area contributed by atoms with Crippen molar-refractivity contribution in [2.75, 3.05) is 49.4 Å². The molecule has 1 heterocycles. The molecule has 0 atom stereocenters. The molecule has 2 aromatic carbocycles. The predicted molar refractivity (Wildman–Crippen MR) is 99.4 cm³/mol. The van der Waals surface area contributed by atoms with Crippen molar-refractivity contribution in [3.63, 3.8) is 0 Å². The number of nitrogens with zero attached hydrogens (tertiary/aromatic N) is 1. The van der Waals surface area contributed by atoms with Gasteiger partial charge in [0.05, 0.1) is 18.1 Å². The van der Waals surface area contributed by atoms with Crippen molar-refractivity contribution >= 4 is 21.4 Å². The van der Waals surface area contributed by atoms with E-state index in [2.05, 4.69) is 14.9 Å². The highest BCUT2D eigenvalue weighted by Crippen LogP contribution is 2.18. The minimum absolute atomic E-state index is 0.0200. The maximum atomic E-state index is 12.9. The van der Waals surface area contributed by atoms with Gasteiger partial charge in [0, 0.05) is 37.6 Å². The van der Waals surface area contributed by atoms with Gasteiger partial charge in [-0.15, -0.1) is 0 Å². The molecule has 0 bridgehead atoms. The maximum absolute atomic E-state index is 12.9. The summed E-state index contributed by atoms with van der Waals surface area (Å²) in [5.41, 5.74) is 1.37. The highest BCUT2D eigenvalue weighted by atomic mass is 32.2. The molecular weight excluding hydrogens is 357 g/mol. The Morgan fingerprint density at radius 2 is 1.58 bits per heavy atom. The van der Waals surface area contributed by atoms with Crippen LogP contribution < -0.4 is 10.0 Å². The molecule has 6 nitrogen and oxygen atoms in total. The van der Waals surface area contributed by atoms with E-state index in [-0.39, 0.29) is 4.90 Å². The van der Waals surface area contributed by atoms with Crippen LogP contribution in [0, 0.1) is 5.82 Å². The number of hydrogen-bond donors (Lipinski definition) is 2. The van der Waals surface area contributed by atoms with Crippen LogP contribution in [0.1, 0.15) is 0 Å². The molecule has 8 heteroatoms. The fourth-order valence-corrected chi connectivity index (χ4v) is 3.73. The van der Waals surface area contributed by atoms with Gasteiger partial charge in [0.15, 0.2) is 0 Å². The summed E-state index contributed by atoms with van der Waals surface area (Å²) in [5, 5.41) is 3.32. The first-order chi connectivity index (χ1) is 12.5. The number of rotatable bonds is 7. The molecular formula is C18H22FN3O3S. The summed E-state index contributed by atoms with van der Waals surface area (Å²) < 4.78 is 45.3. The van der Waals surface area contributed by atoms with Crippen LogP contribution in [0.15, 0.2) is 53.4 Å². The van der Waals surface area contributed by atoms with Gasteiger partial charge >= 0.3 is 0 Å². The zero-order valence-corrected chi connectivity index (χ0v) is 15.1. The lowest BCUT2D eigenvalue weighted by atomic mass is 10.3. The molecule has 1 aliphatic rings. The predicted octanol–water partition coefficient (Wildman–Crippen LogP) is 2.37. The van der Waals surface area contributed by atoms with E-state index in [1.807, 2.05) is 12.1 Å². The second-order valence-corrected chi connectivity index (χ2v) is 7.70. The number of morpholine rings is 1. The lowest BCUT2D eigenvalue weighted by Gasteiger charge is -2.26. The quantitative estimate of drug-likeness (QED) is 0.773. The molecule has 2 aromatic rings. The Morgan fingerprint density at radius 3 is 2.23 bits per heavy atom. The molecule has 0 saturated carbocycles. The van der Waals surface area contributed by atoms with Gasteiger partial charge in [0.1, 0.15) is 5.82 Å². The fraction of sp³-hybridized carbons (Fsp3) is 0.333. The first kappa shape index (κ1) is 18.6. The van der Waals surface area contributed by atoms with Crippen LogP contribution in [0.3, 0.4) is 0 Å². The van der Waals surface area contributed by atoms with E-state index in [1.54, 1.807) is 12.1 Å². The van der Waals surface area contributed by atoms with Crippen LogP contribution in [0.5, 0.6) is 0 Å². The Balaban J connectivity index is 1.53. The van der Waals surface area contributed by atoms with Crippen LogP contribution in [0.2, 0.25) is 0 Å². The molecule has 0 aliphatic carbocycles. The van der Waals surface area contributed by atoms with Gasteiger partial charge in [-0.05, 0) is 48.5 Å². The molecule has 2 N–H and O–H groups in total.